The lowest BCUT2D eigenvalue weighted by atomic mass is 10.1. The molecule has 4 rings (SSSR count). The van der Waals surface area contributed by atoms with Crippen LogP contribution in [0.25, 0.3) is 22.5 Å². The van der Waals surface area contributed by atoms with Crippen LogP contribution in [0.15, 0.2) is 67.3 Å². The largest absolute Gasteiger partial charge is 0.378 e. The van der Waals surface area contributed by atoms with Crippen LogP contribution in [0.1, 0.15) is 11.4 Å². The zero-order valence-electron chi connectivity index (χ0n) is 14.5. The molecule has 0 spiro atoms. The molecule has 0 aliphatic rings. The molecule has 0 atom stereocenters. The Hall–Kier alpha value is -3.25. The van der Waals surface area contributed by atoms with E-state index in [-0.39, 0.29) is 0 Å². The topological polar surface area (TPSA) is 68.6 Å². The monoisotopic (exact) mass is 345 g/mol. The summed E-state index contributed by atoms with van der Waals surface area (Å²) in [5, 5.41) is 7.35. The Morgan fingerprint density at radius 3 is 2.69 bits per heavy atom. The van der Waals surface area contributed by atoms with Crippen LogP contribution in [0.4, 0.5) is 0 Å². The fourth-order valence-electron chi connectivity index (χ4n) is 3.01. The first-order chi connectivity index (χ1) is 12.8. The Kier molecular flexibility index (Phi) is 4.57. The van der Waals surface area contributed by atoms with Crippen molar-refractivity contribution in [1.29, 1.82) is 0 Å². The molecule has 130 valence electrons. The number of pyridine rings is 1. The number of aromatic nitrogens is 5. The van der Waals surface area contributed by atoms with Crippen LogP contribution in [-0.4, -0.2) is 31.8 Å². The molecule has 0 aliphatic heterocycles. The quantitative estimate of drug-likeness (QED) is 0.580. The van der Waals surface area contributed by atoms with E-state index in [1.807, 2.05) is 42.9 Å². The summed E-state index contributed by atoms with van der Waals surface area (Å²) >= 11 is 0. The lowest BCUT2D eigenvalue weighted by Crippen LogP contribution is -2.01. The number of nitrogens with one attached hydrogen (secondary N) is 1. The van der Waals surface area contributed by atoms with Crippen molar-refractivity contribution in [2.24, 2.45) is 0 Å². The highest BCUT2D eigenvalue weighted by Crippen LogP contribution is 2.31. The predicted molar refractivity (Wildman–Crippen MR) is 99.3 cm³/mol. The maximum absolute atomic E-state index is 5.14. The predicted octanol–water partition coefficient (Wildman–Crippen LogP) is 3.53. The van der Waals surface area contributed by atoms with E-state index >= 15 is 0 Å². The van der Waals surface area contributed by atoms with E-state index in [0.717, 1.165) is 33.9 Å². The van der Waals surface area contributed by atoms with Gasteiger partial charge in [0.1, 0.15) is 0 Å². The molecule has 26 heavy (non-hydrogen) atoms. The summed E-state index contributed by atoms with van der Waals surface area (Å²) in [5.41, 5.74) is 5.96. The highest BCUT2D eigenvalue weighted by molar-refractivity contribution is 5.78. The summed E-state index contributed by atoms with van der Waals surface area (Å²) in [4.78, 5) is 8.95. The number of hydrogen-bond acceptors (Lipinski definition) is 4. The highest BCUT2D eigenvalue weighted by Gasteiger charge is 2.16. The van der Waals surface area contributed by atoms with Crippen LogP contribution in [0.2, 0.25) is 0 Å². The minimum atomic E-state index is 0.491. The second kappa shape index (κ2) is 7.33. The maximum atomic E-state index is 5.14. The summed E-state index contributed by atoms with van der Waals surface area (Å²) < 4.78 is 7.25. The molecule has 4 aromatic rings. The molecule has 0 unspecified atom stereocenters. The lowest BCUT2D eigenvalue weighted by Gasteiger charge is -2.09. The van der Waals surface area contributed by atoms with Gasteiger partial charge in [0.15, 0.2) is 0 Å². The van der Waals surface area contributed by atoms with E-state index in [1.54, 1.807) is 13.3 Å². The van der Waals surface area contributed by atoms with Crippen LogP contribution in [-0.2, 0) is 17.9 Å². The Morgan fingerprint density at radius 2 is 1.92 bits per heavy atom. The van der Waals surface area contributed by atoms with Gasteiger partial charge in [0.05, 0.1) is 42.3 Å². The summed E-state index contributed by atoms with van der Waals surface area (Å²) in [6.45, 7) is 1.13. The zero-order valence-corrected chi connectivity index (χ0v) is 14.5. The molecular weight excluding hydrogens is 326 g/mol. The van der Waals surface area contributed by atoms with Crippen LogP contribution in [0, 0.1) is 0 Å². The summed E-state index contributed by atoms with van der Waals surface area (Å²) in [6.07, 6.45) is 5.50. The molecule has 0 saturated carbocycles. The number of ether oxygens (including phenoxy) is 1. The van der Waals surface area contributed by atoms with E-state index < -0.39 is 0 Å². The van der Waals surface area contributed by atoms with Gasteiger partial charge < -0.3 is 9.30 Å². The van der Waals surface area contributed by atoms with Crippen molar-refractivity contribution in [2.75, 3.05) is 7.11 Å². The molecule has 1 aromatic carbocycles. The first-order valence-electron chi connectivity index (χ1n) is 8.38. The third kappa shape index (κ3) is 3.27. The molecule has 6 heteroatoms. The highest BCUT2D eigenvalue weighted by atomic mass is 16.5. The second-order valence-electron chi connectivity index (χ2n) is 5.99. The standard InChI is InChI=1S/C20H19N5O/c1-26-13-18-10-17(23-24-18)12-25-14-22-19(15-6-3-2-4-7-15)20(25)16-8-5-9-21-11-16/h2-11,14H,12-13H2,1H3,(H,23,24). The maximum Gasteiger partial charge on any atom is 0.0963 e. The first kappa shape index (κ1) is 16.2. The van der Waals surface area contributed by atoms with Gasteiger partial charge in [-0.05, 0) is 18.2 Å². The second-order valence-corrected chi connectivity index (χ2v) is 5.99. The normalized spacial score (nSPS) is 11.0. The molecule has 0 saturated heterocycles. The minimum Gasteiger partial charge on any atom is -0.378 e. The number of hydrogen-bond donors (Lipinski definition) is 1. The van der Waals surface area contributed by atoms with Gasteiger partial charge in [0.25, 0.3) is 0 Å². The Bertz CT molecular complexity index is 976. The number of H-pyrrole nitrogens is 1. The van der Waals surface area contributed by atoms with Gasteiger partial charge in [0.2, 0.25) is 0 Å². The minimum absolute atomic E-state index is 0.491. The third-order valence-corrected chi connectivity index (χ3v) is 4.14. The third-order valence-electron chi connectivity index (χ3n) is 4.14. The molecule has 0 amide bonds. The molecule has 0 aliphatic carbocycles. The molecule has 0 fully saturated rings. The Morgan fingerprint density at radius 1 is 1.08 bits per heavy atom. The zero-order chi connectivity index (χ0) is 17.8. The van der Waals surface area contributed by atoms with Crippen molar-refractivity contribution in [3.63, 3.8) is 0 Å². The molecule has 3 aromatic heterocycles. The van der Waals surface area contributed by atoms with Crippen LogP contribution in [0.3, 0.4) is 0 Å². The van der Waals surface area contributed by atoms with Gasteiger partial charge in [-0.2, -0.15) is 5.10 Å². The van der Waals surface area contributed by atoms with Gasteiger partial charge in [0, 0.05) is 30.6 Å². The molecule has 1 N–H and O–H groups in total. The van der Waals surface area contributed by atoms with Crippen molar-refractivity contribution in [1.82, 2.24) is 24.7 Å². The number of rotatable bonds is 6. The van der Waals surface area contributed by atoms with E-state index in [0.29, 0.717) is 13.2 Å². The van der Waals surface area contributed by atoms with E-state index in [9.17, 15) is 0 Å². The Balaban J connectivity index is 1.76. The molecular formula is C20H19N5O. The van der Waals surface area contributed by atoms with Gasteiger partial charge in [-0.3, -0.25) is 10.1 Å². The molecule has 0 radical (unpaired) electrons. The van der Waals surface area contributed by atoms with Gasteiger partial charge in [-0.25, -0.2) is 4.98 Å². The molecule has 6 nitrogen and oxygen atoms in total. The van der Waals surface area contributed by atoms with Crippen molar-refractivity contribution in [3.05, 3.63) is 78.6 Å². The average molecular weight is 345 g/mol. The summed E-state index contributed by atoms with van der Waals surface area (Å²) in [6, 6.07) is 16.2. The smallest absolute Gasteiger partial charge is 0.0963 e. The fraction of sp³-hybridized carbons (Fsp3) is 0.150. The fourth-order valence-corrected chi connectivity index (χ4v) is 3.01. The van der Waals surface area contributed by atoms with Crippen molar-refractivity contribution < 1.29 is 4.74 Å². The lowest BCUT2D eigenvalue weighted by molar-refractivity contribution is 0.181. The van der Waals surface area contributed by atoms with Crippen LogP contribution >= 0.6 is 0 Å². The number of aromatic amines is 1. The van der Waals surface area contributed by atoms with Crippen LogP contribution < -0.4 is 0 Å². The SMILES string of the molecule is COCc1cc(Cn2cnc(-c3ccccc3)c2-c2cccnc2)[nH]n1. The van der Waals surface area contributed by atoms with E-state index in [1.165, 1.54) is 0 Å². The average Bonchev–Trinajstić information content (AvgIpc) is 3.31. The van der Waals surface area contributed by atoms with Crippen molar-refractivity contribution in [3.8, 4) is 22.5 Å². The number of nitrogens with zero attached hydrogens (tertiary/aromatic N) is 4. The van der Waals surface area contributed by atoms with E-state index in [4.69, 9.17) is 4.74 Å². The Labute approximate surface area is 151 Å². The van der Waals surface area contributed by atoms with Crippen molar-refractivity contribution >= 4 is 0 Å². The van der Waals surface area contributed by atoms with Crippen molar-refractivity contribution in [2.45, 2.75) is 13.2 Å². The van der Waals surface area contributed by atoms with Gasteiger partial charge >= 0.3 is 0 Å². The van der Waals surface area contributed by atoms with E-state index in [2.05, 4.69) is 42.9 Å². The molecule has 3 heterocycles. The first-order valence-corrected chi connectivity index (χ1v) is 8.38. The number of benzene rings is 1. The van der Waals surface area contributed by atoms with Crippen LogP contribution in [0.5, 0.6) is 0 Å². The molecule has 0 bridgehead atoms. The van der Waals surface area contributed by atoms with Gasteiger partial charge in [-0.1, -0.05) is 30.3 Å². The summed E-state index contributed by atoms with van der Waals surface area (Å²) in [7, 11) is 1.66. The van der Waals surface area contributed by atoms with Gasteiger partial charge in [-0.15, -0.1) is 0 Å². The summed E-state index contributed by atoms with van der Waals surface area (Å²) in [5.74, 6) is 0. The number of imidazole rings is 1. The number of methoxy groups -OCH3 is 1.